The number of carbonyl (C=O) groups excluding carboxylic acids is 2. The molecule has 2 saturated heterocycles. The highest BCUT2D eigenvalue weighted by Crippen LogP contribution is 2.23. The van der Waals surface area contributed by atoms with Crippen molar-refractivity contribution >= 4 is 27.5 Å². The maximum absolute atomic E-state index is 13.1. The Bertz CT molecular complexity index is 1120. The van der Waals surface area contributed by atoms with Crippen LogP contribution in [-0.4, -0.2) is 68.8 Å². The molecule has 0 unspecified atom stereocenters. The molecule has 2 fully saturated rings. The number of sulfonamides is 1. The summed E-state index contributed by atoms with van der Waals surface area (Å²) in [6.45, 7) is 4.57. The number of likely N-dealkylation sites (tertiary alicyclic amines) is 1. The van der Waals surface area contributed by atoms with E-state index in [1.807, 2.05) is 4.90 Å². The van der Waals surface area contributed by atoms with Gasteiger partial charge in [0.05, 0.1) is 18.1 Å². The number of piperidine rings is 1. The van der Waals surface area contributed by atoms with Crippen LogP contribution in [-0.2, 0) is 14.8 Å². The van der Waals surface area contributed by atoms with Gasteiger partial charge in [-0.15, -0.1) is 0 Å². The Labute approximate surface area is 194 Å². The number of benzene rings is 2. The minimum Gasteiger partial charge on any atom is -0.379 e. The van der Waals surface area contributed by atoms with Crippen molar-refractivity contribution in [1.29, 1.82) is 0 Å². The van der Waals surface area contributed by atoms with Crippen LogP contribution in [0.3, 0.4) is 0 Å². The first-order valence-electron chi connectivity index (χ1n) is 11.3. The largest absolute Gasteiger partial charge is 0.379 e. The summed E-state index contributed by atoms with van der Waals surface area (Å²) in [6.07, 6.45) is 3.21. The highest BCUT2D eigenvalue weighted by Gasteiger charge is 2.28. The van der Waals surface area contributed by atoms with Crippen molar-refractivity contribution in [3.63, 3.8) is 0 Å². The topological polar surface area (TPSA) is 96.0 Å². The van der Waals surface area contributed by atoms with Gasteiger partial charge >= 0.3 is 0 Å². The summed E-state index contributed by atoms with van der Waals surface area (Å²) in [5.74, 6) is -0.410. The van der Waals surface area contributed by atoms with Gasteiger partial charge in [0.25, 0.3) is 11.8 Å². The van der Waals surface area contributed by atoms with Crippen molar-refractivity contribution in [2.75, 3.05) is 44.7 Å². The molecule has 0 atom stereocenters. The van der Waals surface area contributed by atoms with Crippen LogP contribution in [0.5, 0.6) is 0 Å². The Morgan fingerprint density at radius 1 is 0.879 bits per heavy atom. The lowest BCUT2D eigenvalue weighted by molar-refractivity contribution is 0.0724. The van der Waals surface area contributed by atoms with Crippen LogP contribution in [0.15, 0.2) is 47.4 Å². The van der Waals surface area contributed by atoms with Gasteiger partial charge < -0.3 is 15.0 Å². The SMILES string of the molecule is Cc1ccc(C(=O)Nc2ccc(C(=O)N3CCCCC3)cc2)cc1S(=O)(=O)N1CCOCC1. The third-order valence-corrected chi connectivity index (χ3v) is 8.11. The molecule has 2 aliphatic heterocycles. The monoisotopic (exact) mass is 471 g/mol. The quantitative estimate of drug-likeness (QED) is 0.723. The number of carbonyl (C=O) groups is 2. The highest BCUT2D eigenvalue weighted by atomic mass is 32.2. The van der Waals surface area contributed by atoms with E-state index < -0.39 is 15.9 Å². The number of hydrogen-bond acceptors (Lipinski definition) is 5. The van der Waals surface area contributed by atoms with Crippen LogP contribution >= 0.6 is 0 Å². The van der Waals surface area contributed by atoms with Crippen LogP contribution in [0.4, 0.5) is 5.69 Å². The Balaban J connectivity index is 1.47. The van der Waals surface area contributed by atoms with Gasteiger partial charge in [-0.3, -0.25) is 9.59 Å². The summed E-state index contributed by atoms with van der Waals surface area (Å²) in [5, 5.41) is 2.79. The summed E-state index contributed by atoms with van der Waals surface area (Å²) in [6, 6.07) is 11.5. The second kappa shape index (κ2) is 10.0. The standard InChI is InChI=1S/C24H29N3O5S/c1-18-5-6-20(17-22(18)33(30,31)27-13-15-32-16-14-27)23(28)25-21-9-7-19(8-10-21)24(29)26-11-3-2-4-12-26/h5-10,17H,2-4,11-16H2,1H3,(H,25,28). The second-order valence-electron chi connectivity index (χ2n) is 8.38. The molecule has 8 nitrogen and oxygen atoms in total. The molecule has 0 aliphatic carbocycles. The number of aryl methyl sites for hydroxylation is 1. The summed E-state index contributed by atoms with van der Waals surface area (Å²) in [4.78, 5) is 27.4. The van der Waals surface area contributed by atoms with E-state index in [-0.39, 0.29) is 16.4 Å². The van der Waals surface area contributed by atoms with E-state index in [0.29, 0.717) is 43.1 Å². The second-order valence-corrected chi connectivity index (χ2v) is 10.3. The fourth-order valence-corrected chi connectivity index (χ4v) is 5.78. The van der Waals surface area contributed by atoms with Gasteiger partial charge in [0.2, 0.25) is 10.0 Å². The van der Waals surface area contributed by atoms with Crippen LogP contribution in [0.2, 0.25) is 0 Å². The molecule has 0 radical (unpaired) electrons. The van der Waals surface area contributed by atoms with E-state index in [1.54, 1.807) is 43.3 Å². The van der Waals surface area contributed by atoms with Gasteiger partial charge in [-0.2, -0.15) is 4.31 Å². The van der Waals surface area contributed by atoms with Crippen LogP contribution in [0.25, 0.3) is 0 Å². The smallest absolute Gasteiger partial charge is 0.255 e. The molecular formula is C24H29N3O5S. The molecule has 176 valence electrons. The van der Waals surface area contributed by atoms with Gasteiger partial charge in [-0.1, -0.05) is 6.07 Å². The number of hydrogen-bond donors (Lipinski definition) is 1. The zero-order valence-electron chi connectivity index (χ0n) is 18.7. The number of nitrogens with zero attached hydrogens (tertiary/aromatic N) is 2. The maximum atomic E-state index is 13.1. The van der Waals surface area contributed by atoms with Crippen LogP contribution in [0.1, 0.15) is 45.5 Å². The highest BCUT2D eigenvalue weighted by molar-refractivity contribution is 7.89. The number of amides is 2. The van der Waals surface area contributed by atoms with Gasteiger partial charge in [0.15, 0.2) is 0 Å². The predicted octanol–water partition coefficient (Wildman–Crippen LogP) is 2.89. The Kier molecular flexibility index (Phi) is 7.11. The molecule has 2 heterocycles. The molecule has 0 spiro atoms. The molecule has 2 aromatic rings. The Morgan fingerprint density at radius 3 is 2.18 bits per heavy atom. The summed E-state index contributed by atoms with van der Waals surface area (Å²) in [5.41, 5.74) is 1.96. The first kappa shape index (κ1) is 23.4. The molecule has 1 N–H and O–H groups in total. The molecule has 9 heteroatoms. The lowest BCUT2D eigenvalue weighted by atomic mass is 10.1. The van der Waals surface area contributed by atoms with E-state index in [0.717, 1.165) is 32.4 Å². The van der Waals surface area contributed by atoms with Crippen molar-refractivity contribution in [1.82, 2.24) is 9.21 Å². The van der Waals surface area contributed by atoms with Gasteiger partial charge in [0.1, 0.15) is 0 Å². The Hall–Kier alpha value is -2.75. The zero-order valence-corrected chi connectivity index (χ0v) is 19.6. The number of rotatable bonds is 5. The van der Waals surface area contributed by atoms with Crippen molar-refractivity contribution in [3.8, 4) is 0 Å². The number of nitrogens with one attached hydrogen (secondary N) is 1. The minimum absolute atomic E-state index is 0.00377. The lowest BCUT2D eigenvalue weighted by Crippen LogP contribution is -2.40. The molecule has 0 saturated carbocycles. The van der Waals surface area contributed by atoms with E-state index in [2.05, 4.69) is 5.32 Å². The molecule has 0 bridgehead atoms. The molecule has 33 heavy (non-hydrogen) atoms. The average Bonchev–Trinajstić information content (AvgIpc) is 2.85. The molecule has 2 aliphatic rings. The number of anilines is 1. The lowest BCUT2D eigenvalue weighted by Gasteiger charge is -2.27. The van der Waals surface area contributed by atoms with Crippen molar-refractivity contribution in [2.24, 2.45) is 0 Å². The Morgan fingerprint density at radius 2 is 1.52 bits per heavy atom. The number of morpholine rings is 1. The summed E-state index contributed by atoms with van der Waals surface area (Å²) >= 11 is 0. The molecule has 4 rings (SSSR count). The molecular weight excluding hydrogens is 442 g/mol. The van der Waals surface area contributed by atoms with E-state index in [4.69, 9.17) is 4.74 Å². The minimum atomic E-state index is -3.72. The van der Waals surface area contributed by atoms with Crippen LogP contribution in [0, 0.1) is 6.92 Å². The number of ether oxygens (including phenoxy) is 1. The van der Waals surface area contributed by atoms with Gasteiger partial charge in [-0.25, -0.2) is 8.42 Å². The molecule has 0 aromatic heterocycles. The molecule has 2 amide bonds. The van der Waals surface area contributed by atoms with E-state index in [1.165, 1.54) is 10.4 Å². The van der Waals surface area contributed by atoms with Gasteiger partial charge in [0, 0.05) is 43.0 Å². The normalized spacial score (nSPS) is 17.5. The fraction of sp³-hybridized carbons (Fsp3) is 0.417. The molecule has 2 aromatic carbocycles. The van der Waals surface area contributed by atoms with Crippen molar-refractivity contribution < 1.29 is 22.7 Å². The zero-order chi connectivity index (χ0) is 23.4. The fourth-order valence-electron chi connectivity index (χ4n) is 4.12. The predicted molar refractivity (Wildman–Crippen MR) is 125 cm³/mol. The third-order valence-electron chi connectivity index (χ3n) is 6.07. The van der Waals surface area contributed by atoms with E-state index in [9.17, 15) is 18.0 Å². The maximum Gasteiger partial charge on any atom is 0.255 e. The van der Waals surface area contributed by atoms with Gasteiger partial charge in [-0.05, 0) is 68.1 Å². The van der Waals surface area contributed by atoms with Crippen molar-refractivity contribution in [2.45, 2.75) is 31.1 Å². The summed E-state index contributed by atoms with van der Waals surface area (Å²) < 4.78 is 32.8. The van der Waals surface area contributed by atoms with Crippen molar-refractivity contribution in [3.05, 3.63) is 59.2 Å². The average molecular weight is 472 g/mol. The first-order chi connectivity index (χ1) is 15.9. The first-order valence-corrected chi connectivity index (χ1v) is 12.7. The van der Waals surface area contributed by atoms with Crippen LogP contribution < -0.4 is 5.32 Å². The van der Waals surface area contributed by atoms with E-state index >= 15 is 0 Å². The summed E-state index contributed by atoms with van der Waals surface area (Å²) in [7, 11) is -3.72. The third kappa shape index (κ3) is 5.26.